The number of para-hydroxylation sites is 1. The van der Waals surface area contributed by atoms with Crippen LogP contribution in [0, 0.1) is 0 Å². The third-order valence-corrected chi connectivity index (χ3v) is 2.65. The Kier molecular flexibility index (Phi) is 3.60. The topological polar surface area (TPSA) is 33.5 Å². The van der Waals surface area contributed by atoms with Crippen LogP contribution in [0.15, 0.2) is 46.9 Å². The van der Waals surface area contributed by atoms with Gasteiger partial charge in [0.1, 0.15) is 5.76 Å². The van der Waals surface area contributed by atoms with Crippen molar-refractivity contribution < 1.29 is 9.21 Å². The van der Waals surface area contributed by atoms with E-state index in [4.69, 9.17) is 4.42 Å². The number of furan rings is 1. The van der Waals surface area contributed by atoms with E-state index in [1.165, 1.54) is 0 Å². The fraction of sp³-hybridized carbons (Fsp3) is 0.214. The van der Waals surface area contributed by atoms with E-state index in [1.807, 2.05) is 24.3 Å². The van der Waals surface area contributed by atoms with Gasteiger partial charge in [-0.2, -0.15) is 0 Å². The SMILES string of the molecule is CCN(Cc1ccc(C=O)o1)c1ccccc1. The summed E-state index contributed by atoms with van der Waals surface area (Å²) in [6, 6.07) is 13.7. The third kappa shape index (κ3) is 2.75. The minimum absolute atomic E-state index is 0.379. The quantitative estimate of drug-likeness (QED) is 0.738. The van der Waals surface area contributed by atoms with E-state index < -0.39 is 0 Å². The summed E-state index contributed by atoms with van der Waals surface area (Å²) in [5.74, 6) is 1.18. The van der Waals surface area contributed by atoms with Crippen molar-refractivity contribution in [3.05, 3.63) is 54.0 Å². The molecule has 17 heavy (non-hydrogen) atoms. The van der Waals surface area contributed by atoms with Gasteiger partial charge in [-0.15, -0.1) is 0 Å². The lowest BCUT2D eigenvalue weighted by Gasteiger charge is -2.21. The van der Waals surface area contributed by atoms with Crippen LogP contribution in [0.1, 0.15) is 23.2 Å². The van der Waals surface area contributed by atoms with Gasteiger partial charge in [0.2, 0.25) is 0 Å². The van der Waals surface area contributed by atoms with E-state index in [-0.39, 0.29) is 0 Å². The number of carbonyl (C=O) groups is 1. The molecule has 3 nitrogen and oxygen atoms in total. The van der Waals surface area contributed by atoms with Crippen LogP contribution in [0.25, 0.3) is 0 Å². The molecule has 0 N–H and O–H groups in total. The van der Waals surface area contributed by atoms with Crippen molar-refractivity contribution in [2.45, 2.75) is 13.5 Å². The number of nitrogens with zero attached hydrogens (tertiary/aromatic N) is 1. The second-order valence-corrected chi connectivity index (χ2v) is 3.77. The lowest BCUT2D eigenvalue weighted by atomic mass is 10.2. The number of rotatable bonds is 5. The highest BCUT2D eigenvalue weighted by Gasteiger charge is 2.07. The molecule has 1 aromatic carbocycles. The lowest BCUT2D eigenvalue weighted by Crippen LogP contribution is -2.21. The predicted octanol–water partition coefficient (Wildman–Crippen LogP) is 3.12. The van der Waals surface area contributed by atoms with E-state index >= 15 is 0 Å². The summed E-state index contributed by atoms with van der Waals surface area (Å²) >= 11 is 0. The first-order chi connectivity index (χ1) is 8.33. The standard InChI is InChI=1S/C14H15NO2/c1-2-15(12-6-4-3-5-7-12)10-13-8-9-14(11-16)17-13/h3-9,11H,2,10H2,1H3. The van der Waals surface area contributed by atoms with E-state index in [0.29, 0.717) is 12.3 Å². The Labute approximate surface area is 101 Å². The largest absolute Gasteiger partial charge is 0.456 e. The van der Waals surface area contributed by atoms with Crippen molar-refractivity contribution in [1.29, 1.82) is 0 Å². The zero-order valence-electron chi connectivity index (χ0n) is 9.80. The van der Waals surface area contributed by atoms with Gasteiger partial charge in [-0.05, 0) is 31.2 Å². The Morgan fingerprint density at radius 3 is 2.53 bits per heavy atom. The predicted molar refractivity (Wildman–Crippen MR) is 67.3 cm³/mol. The number of aldehydes is 1. The molecule has 0 aliphatic heterocycles. The fourth-order valence-electron chi connectivity index (χ4n) is 1.76. The van der Waals surface area contributed by atoms with Crippen LogP contribution >= 0.6 is 0 Å². The smallest absolute Gasteiger partial charge is 0.185 e. The highest BCUT2D eigenvalue weighted by atomic mass is 16.3. The molecule has 3 heteroatoms. The maximum absolute atomic E-state index is 10.5. The number of hydrogen-bond donors (Lipinski definition) is 0. The molecule has 0 bridgehead atoms. The first-order valence-corrected chi connectivity index (χ1v) is 5.67. The van der Waals surface area contributed by atoms with Crippen LogP contribution in [-0.4, -0.2) is 12.8 Å². The maximum Gasteiger partial charge on any atom is 0.185 e. The lowest BCUT2D eigenvalue weighted by molar-refractivity contribution is 0.109. The number of carbonyl (C=O) groups excluding carboxylic acids is 1. The Hall–Kier alpha value is -2.03. The summed E-state index contributed by atoms with van der Waals surface area (Å²) in [5, 5.41) is 0. The third-order valence-electron chi connectivity index (χ3n) is 2.65. The van der Waals surface area contributed by atoms with Gasteiger partial charge < -0.3 is 9.32 Å². The van der Waals surface area contributed by atoms with E-state index in [0.717, 1.165) is 24.3 Å². The number of benzene rings is 1. The highest BCUT2D eigenvalue weighted by molar-refractivity contribution is 5.70. The summed E-state index contributed by atoms with van der Waals surface area (Å²) in [5.41, 5.74) is 1.15. The number of hydrogen-bond acceptors (Lipinski definition) is 3. The molecule has 0 saturated carbocycles. The second kappa shape index (κ2) is 5.34. The van der Waals surface area contributed by atoms with E-state index in [9.17, 15) is 4.79 Å². The molecule has 0 fully saturated rings. The summed E-state index contributed by atoms with van der Waals surface area (Å²) in [6.45, 7) is 3.66. The molecule has 2 aromatic rings. The molecule has 0 atom stereocenters. The van der Waals surface area contributed by atoms with Crippen LogP contribution in [0.4, 0.5) is 5.69 Å². The maximum atomic E-state index is 10.5. The molecular formula is C14H15NO2. The summed E-state index contributed by atoms with van der Waals surface area (Å²) < 4.78 is 5.38. The van der Waals surface area contributed by atoms with Crippen molar-refractivity contribution in [3.8, 4) is 0 Å². The normalized spacial score (nSPS) is 10.2. The molecule has 0 spiro atoms. The first-order valence-electron chi connectivity index (χ1n) is 5.67. The van der Waals surface area contributed by atoms with Gasteiger partial charge in [-0.1, -0.05) is 18.2 Å². The highest BCUT2D eigenvalue weighted by Crippen LogP contribution is 2.17. The van der Waals surface area contributed by atoms with Gasteiger partial charge in [-0.25, -0.2) is 0 Å². The Morgan fingerprint density at radius 1 is 1.18 bits per heavy atom. The minimum atomic E-state index is 0.379. The van der Waals surface area contributed by atoms with Gasteiger partial charge in [0.15, 0.2) is 12.0 Å². The fourth-order valence-corrected chi connectivity index (χ4v) is 1.76. The zero-order chi connectivity index (χ0) is 12.1. The summed E-state index contributed by atoms with van der Waals surface area (Å²) in [7, 11) is 0. The van der Waals surface area contributed by atoms with Crippen molar-refractivity contribution in [2.75, 3.05) is 11.4 Å². The second-order valence-electron chi connectivity index (χ2n) is 3.77. The van der Waals surface area contributed by atoms with Gasteiger partial charge in [0, 0.05) is 12.2 Å². The molecule has 0 unspecified atom stereocenters. The van der Waals surface area contributed by atoms with Crippen LogP contribution in [0.2, 0.25) is 0 Å². The molecular weight excluding hydrogens is 214 g/mol. The Morgan fingerprint density at radius 2 is 1.94 bits per heavy atom. The van der Waals surface area contributed by atoms with Gasteiger partial charge in [0.25, 0.3) is 0 Å². The van der Waals surface area contributed by atoms with Crippen LogP contribution in [-0.2, 0) is 6.54 Å². The van der Waals surface area contributed by atoms with E-state index in [1.54, 1.807) is 6.07 Å². The molecule has 1 heterocycles. The molecule has 0 radical (unpaired) electrons. The molecule has 0 saturated heterocycles. The molecule has 0 aliphatic carbocycles. The molecule has 88 valence electrons. The first kappa shape index (κ1) is 11.5. The van der Waals surface area contributed by atoms with Crippen LogP contribution in [0.3, 0.4) is 0 Å². The zero-order valence-corrected chi connectivity index (χ0v) is 9.80. The molecule has 2 rings (SSSR count). The molecule has 0 amide bonds. The average molecular weight is 229 g/mol. The van der Waals surface area contributed by atoms with Gasteiger partial charge in [0.05, 0.1) is 6.54 Å². The Balaban J connectivity index is 2.12. The summed E-state index contributed by atoms with van der Waals surface area (Å²) in [6.07, 6.45) is 0.725. The molecule has 1 aromatic heterocycles. The summed E-state index contributed by atoms with van der Waals surface area (Å²) in [4.78, 5) is 12.7. The average Bonchev–Trinajstić information content (AvgIpc) is 2.84. The van der Waals surface area contributed by atoms with Crippen molar-refractivity contribution in [1.82, 2.24) is 0 Å². The van der Waals surface area contributed by atoms with Gasteiger partial charge >= 0.3 is 0 Å². The van der Waals surface area contributed by atoms with E-state index in [2.05, 4.69) is 24.0 Å². The van der Waals surface area contributed by atoms with Crippen molar-refractivity contribution in [3.63, 3.8) is 0 Å². The Bertz CT molecular complexity index is 476. The monoisotopic (exact) mass is 229 g/mol. The number of anilines is 1. The minimum Gasteiger partial charge on any atom is -0.456 e. The van der Waals surface area contributed by atoms with Crippen LogP contribution < -0.4 is 4.90 Å². The van der Waals surface area contributed by atoms with Crippen LogP contribution in [0.5, 0.6) is 0 Å². The van der Waals surface area contributed by atoms with Crippen molar-refractivity contribution in [2.24, 2.45) is 0 Å². The molecule has 0 aliphatic rings. The van der Waals surface area contributed by atoms with Crippen molar-refractivity contribution >= 4 is 12.0 Å². The van der Waals surface area contributed by atoms with Gasteiger partial charge in [-0.3, -0.25) is 4.79 Å².